The zero-order valence-electron chi connectivity index (χ0n) is 17.8. The van der Waals surface area contributed by atoms with E-state index in [2.05, 4.69) is 24.8 Å². The summed E-state index contributed by atoms with van der Waals surface area (Å²) in [6.45, 7) is 5.64. The fourth-order valence-corrected chi connectivity index (χ4v) is 3.80. The van der Waals surface area contributed by atoms with Gasteiger partial charge in [0.25, 0.3) is 0 Å². The minimum atomic E-state index is -0.00418. The number of pyridine rings is 2. The van der Waals surface area contributed by atoms with Crippen molar-refractivity contribution in [2.24, 2.45) is 0 Å². The van der Waals surface area contributed by atoms with Crippen LogP contribution in [0.1, 0.15) is 49.4 Å². The Hall–Kier alpha value is -3.55. The maximum Gasteiger partial charge on any atom is 0.214 e. The van der Waals surface area contributed by atoms with Gasteiger partial charge >= 0.3 is 0 Å². The number of aromatic nitrogens is 4. The molecule has 0 unspecified atom stereocenters. The summed E-state index contributed by atoms with van der Waals surface area (Å²) in [7, 11) is 0. The number of hydrogen-bond acceptors (Lipinski definition) is 8. The van der Waals surface area contributed by atoms with Gasteiger partial charge in [0.1, 0.15) is 5.82 Å². The van der Waals surface area contributed by atoms with E-state index >= 15 is 0 Å². The molecule has 1 aliphatic rings. The molecule has 0 aliphatic carbocycles. The third-order valence-corrected chi connectivity index (χ3v) is 5.39. The van der Waals surface area contributed by atoms with Crippen molar-refractivity contribution in [2.75, 3.05) is 23.7 Å². The Bertz CT molecular complexity index is 1050. The fraction of sp³-hybridized carbons (Fsp3) is 0.348. The topological polar surface area (TPSA) is 114 Å². The van der Waals surface area contributed by atoms with Crippen molar-refractivity contribution >= 4 is 17.2 Å². The fourth-order valence-electron chi connectivity index (χ4n) is 3.80. The highest BCUT2D eigenvalue weighted by Gasteiger charge is 2.23. The highest BCUT2D eigenvalue weighted by Crippen LogP contribution is 2.29. The van der Waals surface area contributed by atoms with Crippen LogP contribution in [0.3, 0.4) is 0 Å². The summed E-state index contributed by atoms with van der Waals surface area (Å²) in [6.07, 6.45) is 10.6. The van der Waals surface area contributed by atoms with Crippen molar-refractivity contribution in [1.29, 1.82) is 5.41 Å². The average Bonchev–Trinajstić information content (AvgIpc) is 2.80. The first-order valence-corrected chi connectivity index (χ1v) is 10.5. The van der Waals surface area contributed by atoms with E-state index in [1.165, 1.54) is 0 Å². The van der Waals surface area contributed by atoms with E-state index in [4.69, 9.17) is 15.9 Å². The third kappa shape index (κ3) is 4.79. The van der Waals surface area contributed by atoms with Gasteiger partial charge in [0, 0.05) is 61.0 Å². The molecule has 31 heavy (non-hydrogen) atoms. The van der Waals surface area contributed by atoms with Gasteiger partial charge in [-0.2, -0.15) is 0 Å². The SMILES string of the molecule is CC(C)Oc1cc(C(=N)c2ccnc(N3CCC(c4cnccn4)CC3)c2)c(N)cn1. The number of ether oxygens (including phenoxy) is 1. The first-order chi connectivity index (χ1) is 15.0. The van der Waals surface area contributed by atoms with Gasteiger partial charge in [0.15, 0.2) is 0 Å². The van der Waals surface area contributed by atoms with Crippen LogP contribution in [0.25, 0.3) is 0 Å². The van der Waals surface area contributed by atoms with Crippen LogP contribution in [-0.4, -0.2) is 44.8 Å². The Labute approximate surface area is 182 Å². The van der Waals surface area contributed by atoms with Gasteiger partial charge in [-0.25, -0.2) is 9.97 Å². The Morgan fingerprint density at radius 3 is 2.61 bits per heavy atom. The lowest BCUT2D eigenvalue weighted by molar-refractivity contribution is 0.232. The number of nitrogen functional groups attached to an aromatic ring is 1. The molecular weight excluding hydrogens is 390 g/mol. The van der Waals surface area contributed by atoms with Gasteiger partial charge in [-0.15, -0.1) is 0 Å². The lowest BCUT2D eigenvalue weighted by atomic mass is 9.93. The quantitative estimate of drug-likeness (QED) is 0.591. The molecule has 1 aliphatic heterocycles. The second-order valence-corrected chi connectivity index (χ2v) is 7.95. The van der Waals surface area contributed by atoms with E-state index in [0.717, 1.165) is 43.0 Å². The number of rotatable bonds is 6. The van der Waals surface area contributed by atoms with Crippen molar-refractivity contribution < 1.29 is 4.74 Å². The van der Waals surface area contributed by atoms with Crippen LogP contribution in [0.2, 0.25) is 0 Å². The number of nitrogens with one attached hydrogen (secondary N) is 1. The van der Waals surface area contributed by atoms with Crippen molar-refractivity contribution in [3.8, 4) is 5.88 Å². The van der Waals surface area contributed by atoms with Gasteiger partial charge in [-0.3, -0.25) is 15.4 Å². The summed E-state index contributed by atoms with van der Waals surface area (Å²) in [5.74, 6) is 1.75. The van der Waals surface area contributed by atoms with Gasteiger partial charge in [0.05, 0.1) is 29.4 Å². The molecule has 1 saturated heterocycles. The minimum absolute atomic E-state index is 0.00418. The van der Waals surface area contributed by atoms with Gasteiger partial charge < -0.3 is 15.4 Å². The van der Waals surface area contributed by atoms with E-state index in [0.29, 0.717) is 28.8 Å². The van der Waals surface area contributed by atoms with Crippen molar-refractivity contribution in [1.82, 2.24) is 19.9 Å². The summed E-state index contributed by atoms with van der Waals surface area (Å²) >= 11 is 0. The summed E-state index contributed by atoms with van der Waals surface area (Å²) in [4.78, 5) is 19.7. The number of nitrogens with zero attached hydrogens (tertiary/aromatic N) is 5. The predicted molar refractivity (Wildman–Crippen MR) is 121 cm³/mol. The normalized spacial score (nSPS) is 14.6. The van der Waals surface area contributed by atoms with Crippen LogP contribution in [0.15, 0.2) is 49.2 Å². The molecule has 4 rings (SSSR count). The Morgan fingerprint density at radius 1 is 1.10 bits per heavy atom. The number of piperidine rings is 1. The Balaban J connectivity index is 1.49. The van der Waals surface area contributed by atoms with Gasteiger partial charge in [-0.1, -0.05) is 0 Å². The molecule has 0 saturated carbocycles. The highest BCUT2D eigenvalue weighted by molar-refractivity contribution is 6.14. The molecule has 160 valence electrons. The average molecular weight is 418 g/mol. The molecule has 3 aromatic heterocycles. The zero-order valence-corrected chi connectivity index (χ0v) is 17.8. The largest absolute Gasteiger partial charge is 0.475 e. The van der Waals surface area contributed by atoms with E-state index in [9.17, 15) is 0 Å². The highest BCUT2D eigenvalue weighted by atomic mass is 16.5. The molecule has 8 nitrogen and oxygen atoms in total. The van der Waals surface area contributed by atoms with Crippen molar-refractivity contribution in [3.05, 3.63) is 66.0 Å². The predicted octanol–water partition coefficient (Wildman–Crippen LogP) is 3.44. The Morgan fingerprint density at radius 2 is 1.90 bits per heavy atom. The molecule has 0 spiro atoms. The first kappa shape index (κ1) is 20.7. The maximum atomic E-state index is 8.72. The maximum absolute atomic E-state index is 8.72. The molecule has 0 bridgehead atoms. The summed E-state index contributed by atoms with van der Waals surface area (Å²) in [5.41, 5.74) is 9.30. The number of anilines is 2. The van der Waals surface area contributed by atoms with Crippen LogP contribution in [0.5, 0.6) is 5.88 Å². The van der Waals surface area contributed by atoms with E-state index in [-0.39, 0.29) is 6.10 Å². The minimum Gasteiger partial charge on any atom is -0.475 e. The van der Waals surface area contributed by atoms with E-state index in [1.54, 1.807) is 30.9 Å². The standard InChI is InChI=1S/C23H27N7O/c1-15(2)31-22-12-18(19(24)13-29-22)23(25)17-3-6-28-21(11-17)30-9-4-16(5-10-30)20-14-26-7-8-27-20/h3,6-8,11-16,25H,4-5,9-10,24H2,1-2H3. The third-order valence-electron chi connectivity index (χ3n) is 5.39. The van der Waals surface area contributed by atoms with Gasteiger partial charge in [0.2, 0.25) is 5.88 Å². The van der Waals surface area contributed by atoms with Gasteiger partial charge in [-0.05, 0) is 38.8 Å². The molecule has 0 atom stereocenters. The molecule has 0 radical (unpaired) electrons. The second kappa shape index (κ2) is 9.07. The van der Waals surface area contributed by atoms with Crippen LogP contribution in [-0.2, 0) is 0 Å². The number of nitrogens with two attached hydrogens (primary N) is 1. The van der Waals surface area contributed by atoms with Crippen LogP contribution in [0, 0.1) is 5.41 Å². The number of hydrogen-bond donors (Lipinski definition) is 2. The van der Waals surface area contributed by atoms with Crippen molar-refractivity contribution in [3.63, 3.8) is 0 Å². The monoisotopic (exact) mass is 417 g/mol. The molecule has 3 aromatic rings. The molecule has 0 amide bonds. The second-order valence-electron chi connectivity index (χ2n) is 7.95. The molecule has 3 N–H and O–H groups in total. The van der Waals surface area contributed by atoms with E-state index in [1.807, 2.05) is 32.2 Å². The van der Waals surface area contributed by atoms with Crippen molar-refractivity contribution in [2.45, 2.75) is 38.7 Å². The summed E-state index contributed by atoms with van der Waals surface area (Å²) < 4.78 is 5.67. The van der Waals surface area contributed by atoms with Crippen LogP contribution in [0.4, 0.5) is 11.5 Å². The molecule has 8 heteroatoms. The summed E-state index contributed by atoms with van der Waals surface area (Å²) in [5, 5.41) is 8.72. The van der Waals surface area contributed by atoms with Crippen LogP contribution < -0.4 is 15.4 Å². The molecular formula is C23H27N7O. The smallest absolute Gasteiger partial charge is 0.214 e. The molecule has 0 aromatic carbocycles. The molecule has 4 heterocycles. The lowest BCUT2D eigenvalue weighted by Crippen LogP contribution is -2.33. The zero-order chi connectivity index (χ0) is 21.8. The lowest BCUT2D eigenvalue weighted by Gasteiger charge is -2.32. The molecule has 1 fully saturated rings. The van der Waals surface area contributed by atoms with Crippen LogP contribution >= 0.6 is 0 Å². The first-order valence-electron chi connectivity index (χ1n) is 10.5. The summed E-state index contributed by atoms with van der Waals surface area (Å²) in [6, 6.07) is 5.51. The Kier molecular flexibility index (Phi) is 6.06. The van der Waals surface area contributed by atoms with E-state index < -0.39 is 0 Å².